The quantitative estimate of drug-likeness (QED) is 0.842. The number of halogens is 1. The van der Waals surface area contributed by atoms with Crippen LogP contribution in [0, 0.1) is 0 Å². The molecular weight excluding hydrogens is 254 g/mol. The first-order valence-corrected chi connectivity index (χ1v) is 5.80. The van der Waals surface area contributed by atoms with Crippen LogP contribution in [0.3, 0.4) is 0 Å². The number of thiazole rings is 1. The molecule has 5 heteroatoms. The van der Waals surface area contributed by atoms with Gasteiger partial charge in [0.05, 0.1) is 6.61 Å². The Morgan fingerprint density at radius 2 is 2.54 bits per heavy atom. The van der Waals surface area contributed by atoms with Crippen molar-refractivity contribution in [1.82, 2.24) is 4.98 Å². The monoisotopic (exact) mass is 263 g/mol. The Labute approximate surface area is 88.9 Å². The Bertz CT molecular complexity index is 296. The van der Waals surface area contributed by atoms with E-state index in [1.54, 1.807) is 0 Å². The van der Waals surface area contributed by atoms with Gasteiger partial charge >= 0.3 is 0 Å². The Kier molecular flexibility index (Phi) is 2.69. The summed E-state index contributed by atoms with van der Waals surface area (Å²) < 4.78 is 6.03. The molecule has 1 N–H and O–H groups in total. The lowest BCUT2D eigenvalue weighted by molar-refractivity contribution is -0.0903. The lowest BCUT2D eigenvalue weighted by Gasteiger charge is -2.29. The van der Waals surface area contributed by atoms with E-state index in [0.29, 0.717) is 6.61 Å². The smallest absolute Gasteiger partial charge is 0.139 e. The van der Waals surface area contributed by atoms with Gasteiger partial charge in [-0.1, -0.05) is 0 Å². The van der Waals surface area contributed by atoms with Crippen molar-refractivity contribution in [3.8, 4) is 0 Å². The largest absolute Gasteiger partial charge is 0.380 e. The van der Waals surface area contributed by atoms with Crippen LogP contribution in [0.4, 0.5) is 0 Å². The fourth-order valence-corrected chi connectivity index (χ4v) is 2.78. The highest BCUT2D eigenvalue weighted by atomic mass is 79.9. The Morgan fingerprint density at radius 1 is 1.69 bits per heavy atom. The molecule has 0 aliphatic carbocycles. The van der Waals surface area contributed by atoms with Crippen LogP contribution in [0.5, 0.6) is 0 Å². The summed E-state index contributed by atoms with van der Waals surface area (Å²) in [5, 5.41) is 12.8. The van der Waals surface area contributed by atoms with Gasteiger partial charge in [0, 0.05) is 12.0 Å². The lowest BCUT2D eigenvalue weighted by Crippen LogP contribution is -2.35. The molecule has 1 aliphatic rings. The van der Waals surface area contributed by atoms with Crippen LogP contribution in [0.15, 0.2) is 9.98 Å². The number of aliphatic hydroxyl groups is 1. The Hall–Kier alpha value is 0.0300. The van der Waals surface area contributed by atoms with Crippen molar-refractivity contribution in [3.63, 3.8) is 0 Å². The third-order valence-electron chi connectivity index (χ3n) is 2.09. The minimum atomic E-state index is -0.852. The Balaban J connectivity index is 2.22. The van der Waals surface area contributed by atoms with Gasteiger partial charge < -0.3 is 9.84 Å². The highest BCUT2D eigenvalue weighted by Gasteiger charge is 2.34. The van der Waals surface area contributed by atoms with Crippen molar-refractivity contribution in [2.75, 3.05) is 13.2 Å². The van der Waals surface area contributed by atoms with E-state index in [1.165, 1.54) is 11.3 Å². The van der Waals surface area contributed by atoms with Gasteiger partial charge in [-0.3, -0.25) is 0 Å². The van der Waals surface area contributed by atoms with Crippen molar-refractivity contribution in [3.05, 3.63) is 15.0 Å². The normalized spacial score (nSPS) is 29.1. The third-order valence-corrected chi connectivity index (χ3v) is 3.84. The molecule has 2 rings (SSSR count). The number of ether oxygens (including phenoxy) is 1. The zero-order valence-corrected chi connectivity index (χ0v) is 9.40. The van der Waals surface area contributed by atoms with Crippen LogP contribution in [0.25, 0.3) is 0 Å². The standard InChI is InChI=1S/C8H10BrNO2S/c9-6-4-13-7(10-6)8(11)2-1-3-12-5-8/h4,11H,1-3,5H2. The molecule has 2 heterocycles. The summed E-state index contributed by atoms with van der Waals surface area (Å²) in [6, 6.07) is 0. The fourth-order valence-electron chi connectivity index (χ4n) is 1.42. The maximum atomic E-state index is 10.2. The van der Waals surface area contributed by atoms with Crippen molar-refractivity contribution in [1.29, 1.82) is 0 Å². The summed E-state index contributed by atoms with van der Waals surface area (Å²) in [6.45, 7) is 1.11. The molecule has 1 atom stereocenters. The van der Waals surface area contributed by atoms with E-state index < -0.39 is 5.60 Å². The molecular formula is C8H10BrNO2S. The summed E-state index contributed by atoms with van der Waals surface area (Å²) >= 11 is 4.74. The highest BCUT2D eigenvalue weighted by Crippen LogP contribution is 2.33. The molecule has 0 aromatic carbocycles. The minimum Gasteiger partial charge on any atom is -0.380 e. The van der Waals surface area contributed by atoms with Crippen LogP contribution < -0.4 is 0 Å². The van der Waals surface area contributed by atoms with Crippen LogP contribution >= 0.6 is 27.3 Å². The molecule has 1 aromatic rings. The zero-order valence-electron chi connectivity index (χ0n) is 6.99. The van der Waals surface area contributed by atoms with E-state index in [2.05, 4.69) is 20.9 Å². The third kappa shape index (κ3) is 1.93. The topological polar surface area (TPSA) is 42.4 Å². The van der Waals surface area contributed by atoms with Gasteiger partial charge in [0.25, 0.3) is 0 Å². The molecule has 3 nitrogen and oxygen atoms in total. The summed E-state index contributed by atoms with van der Waals surface area (Å²) in [5.41, 5.74) is -0.852. The minimum absolute atomic E-state index is 0.368. The Morgan fingerprint density at radius 3 is 3.08 bits per heavy atom. The molecule has 0 spiro atoms. The fraction of sp³-hybridized carbons (Fsp3) is 0.625. The van der Waals surface area contributed by atoms with Gasteiger partial charge in [-0.2, -0.15) is 0 Å². The first-order chi connectivity index (χ1) is 6.21. The molecule has 0 amide bonds. The summed E-state index contributed by atoms with van der Waals surface area (Å²) in [5.74, 6) is 0. The van der Waals surface area contributed by atoms with E-state index in [9.17, 15) is 5.11 Å². The van der Waals surface area contributed by atoms with E-state index >= 15 is 0 Å². The second kappa shape index (κ2) is 3.65. The first kappa shape index (κ1) is 9.58. The highest BCUT2D eigenvalue weighted by molar-refractivity contribution is 9.10. The number of hydrogen-bond acceptors (Lipinski definition) is 4. The number of nitrogens with zero attached hydrogens (tertiary/aromatic N) is 1. The predicted molar refractivity (Wildman–Crippen MR) is 53.8 cm³/mol. The molecule has 1 aromatic heterocycles. The average Bonchev–Trinajstić information content (AvgIpc) is 2.54. The first-order valence-electron chi connectivity index (χ1n) is 4.12. The van der Waals surface area contributed by atoms with Crippen LogP contribution in [-0.2, 0) is 10.3 Å². The second-order valence-corrected chi connectivity index (χ2v) is 4.83. The molecule has 1 saturated heterocycles. The number of aromatic nitrogens is 1. The van der Waals surface area contributed by atoms with Gasteiger partial charge in [0.2, 0.25) is 0 Å². The van der Waals surface area contributed by atoms with Gasteiger partial charge in [0.15, 0.2) is 0 Å². The molecule has 0 radical (unpaired) electrons. The number of hydrogen-bond donors (Lipinski definition) is 1. The van der Waals surface area contributed by atoms with Gasteiger partial charge in [0.1, 0.15) is 15.2 Å². The van der Waals surface area contributed by atoms with Crippen LogP contribution in [0.2, 0.25) is 0 Å². The van der Waals surface area contributed by atoms with Crippen LogP contribution in [-0.4, -0.2) is 23.3 Å². The maximum Gasteiger partial charge on any atom is 0.139 e. The van der Waals surface area contributed by atoms with Gasteiger partial charge in [-0.25, -0.2) is 4.98 Å². The SMILES string of the molecule is OC1(c2nc(Br)cs2)CCCOC1. The average molecular weight is 264 g/mol. The number of rotatable bonds is 1. The molecule has 1 unspecified atom stereocenters. The summed E-state index contributed by atoms with van der Waals surface area (Å²) in [4.78, 5) is 4.21. The van der Waals surface area contributed by atoms with E-state index in [4.69, 9.17) is 4.74 Å². The molecule has 72 valence electrons. The van der Waals surface area contributed by atoms with E-state index in [0.717, 1.165) is 29.1 Å². The lowest BCUT2D eigenvalue weighted by atomic mass is 9.98. The second-order valence-electron chi connectivity index (χ2n) is 3.16. The van der Waals surface area contributed by atoms with E-state index in [-0.39, 0.29) is 0 Å². The maximum absolute atomic E-state index is 10.2. The van der Waals surface area contributed by atoms with Gasteiger partial charge in [-0.15, -0.1) is 11.3 Å². The van der Waals surface area contributed by atoms with Crippen molar-refractivity contribution in [2.24, 2.45) is 0 Å². The van der Waals surface area contributed by atoms with Gasteiger partial charge in [-0.05, 0) is 28.8 Å². The molecule has 0 saturated carbocycles. The molecule has 0 bridgehead atoms. The molecule has 1 aliphatic heterocycles. The van der Waals surface area contributed by atoms with Crippen molar-refractivity contribution < 1.29 is 9.84 Å². The molecule has 1 fully saturated rings. The molecule has 13 heavy (non-hydrogen) atoms. The predicted octanol–water partition coefficient (Wildman–Crippen LogP) is 1.90. The van der Waals surface area contributed by atoms with Crippen molar-refractivity contribution in [2.45, 2.75) is 18.4 Å². The summed E-state index contributed by atoms with van der Waals surface area (Å²) in [6.07, 6.45) is 1.64. The van der Waals surface area contributed by atoms with E-state index in [1.807, 2.05) is 5.38 Å². The van der Waals surface area contributed by atoms with Crippen LogP contribution in [0.1, 0.15) is 17.8 Å². The zero-order chi connectivity index (χ0) is 9.31. The summed E-state index contributed by atoms with van der Waals surface area (Å²) in [7, 11) is 0. The van der Waals surface area contributed by atoms with Crippen molar-refractivity contribution >= 4 is 27.3 Å².